The molecule has 1 atom stereocenters. The van der Waals surface area contributed by atoms with Gasteiger partial charge >= 0.3 is 6.03 Å². The average molecular weight is 484 g/mol. The molecule has 0 spiro atoms. The van der Waals surface area contributed by atoms with Crippen molar-refractivity contribution in [2.24, 2.45) is 0 Å². The van der Waals surface area contributed by atoms with Gasteiger partial charge in [0.25, 0.3) is 10.0 Å². The number of sulfonamides is 1. The Hall–Kier alpha value is -2.21. The predicted octanol–water partition coefficient (Wildman–Crippen LogP) is 3.86. The first-order valence-electron chi connectivity index (χ1n) is 9.26. The lowest BCUT2D eigenvalue weighted by molar-refractivity contribution is -0.118. The molecule has 2 aromatic carbocycles. The van der Waals surface area contributed by atoms with Crippen molar-refractivity contribution >= 4 is 44.4 Å². The summed E-state index contributed by atoms with van der Waals surface area (Å²) in [5.41, 5.74) is 1.58. The lowest BCUT2D eigenvalue weighted by atomic mass is 10.1. The van der Waals surface area contributed by atoms with E-state index in [1.165, 1.54) is 36.0 Å². The Bertz CT molecular complexity index is 1090. The summed E-state index contributed by atoms with van der Waals surface area (Å²) in [4.78, 5) is 14.2. The highest BCUT2D eigenvalue weighted by atomic mass is 32.2. The van der Waals surface area contributed by atoms with E-state index in [2.05, 4.69) is 0 Å². The number of rotatable bonds is 5. The summed E-state index contributed by atoms with van der Waals surface area (Å²) in [5.74, 6) is -0.386. The van der Waals surface area contributed by atoms with Gasteiger partial charge in [0.1, 0.15) is 16.3 Å². The molecule has 0 bridgehead atoms. The maximum atomic E-state index is 13.2. The number of halogens is 1. The molecule has 1 heterocycles. The van der Waals surface area contributed by atoms with E-state index in [-0.39, 0.29) is 17.3 Å². The van der Waals surface area contributed by atoms with Crippen LogP contribution in [0.15, 0.2) is 53.4 Å². The van der Waals surface area contributed by atoms with Gasteiger partial charge in [-0.3, -0.25) is 5.21 Å². The first-order valence-corrected chi connectivity index (χ1v) is 12.0. The van der Waals surface area contributed by atoms with Crippen LogP contribution in [0.5, 0.6) is 0 Å². The second-order valence-corrected chi connectivity index (χ2v) is 11.6. The molecule has 0 aromatic heterocycles. The normalized spacial score (nSPS) is 18.2. The van der Waals surface area contributed by atoms with Crippen molar-refractivity contribution in [3.63, 3.8) is 0 Å². The molecule has 1 aliphatic heterocycles. The maximum Gasteiger partial charge on any atom is 0.357 e. The summed E-state index contributed by atoms with van der Waals surface area (Å²) >= 11 is 6.70. The smallest absolute Gasteiger partial charge is 0.329 e. The van der Waals surface area contributed by atoms with Gasteiger partial charge in [-0.15, -0.1) is 0 Å². The van der Waals surface area contributed by atoms with Crippen molar-refractivity contribution in [1.29, 1.82) is 0 Å². The fraction of sp³-hybridized carbons (Fsp3) is 0.300. The fourth-order valence-electron chi connectivity index (χ4n) is 3.22. The minimum Gasteiger partial charge on any atom is -0.329 e. The standard InChI is InChI=1S/C20H22FN3O4S3/c1-13-4-10-16(11-5-13)31(27,28)22-18(25)24(26)17-20(2,3)30-19(29)23(17)12-14-6-8-15(21)9-7-14/h4-11,17,26H,12H2,1-3H3,(H,22,25)/t17-/m0/s1. The SMILES string of the molecule is Cc1ccc(S(=O)(=O)NC(=O)N(O)[C@@H]2N(Cc3ccc(F)cc3)C(=S)SC2(C)C)cc1. The predicted molar refractivity (Wildman–Crippen MR) is 121 cm³/mol. The van der Waals surface area contributed by atoms with E-state index < -0.39 is 27.0 Å². The molecule has 11 heteroatoms. The van der Waals surface area contributed by atoms with Crippen molar-refractivity contribution in [3.05, 3.63) is 65.5 Å². The number of hydroxylamine groups is 2. The number of amides is 2. The van der Waals surface area contributed by atoms with Crippen LogP contribution in [0.1, 0.15) is 25.0 Å². The molecule has 31 heavy (non-hydrogen) atoms. The van der Waals surface area contributed by atoms with Crippen LogP contribution in [0, 0.1) is 12.7 Å². The lowest BCUT2D eigenvalue weighted by Crippen LogP contribution is -2.57. The number of thiocarbonyl (C=S) groups is 1. The first kappa shape index (κ1) is 23.5. The van der Waals surface area contributed by atoms with E-state index in [0.717, 1.165) is 5.56 Å². The molecule has 2 aromatic rings. The van der Waals surface area contributed by atoms with Crippen molar-refractivity contribution in [3.8, 4) is 0 Å². The Balaban J connectivity index is 1.82. The van der Waals surface area contributed by atoms with E-state index in [0.29, 0.717) is 14.9 Å². The van der Waals surface area contributed by atoms with Gasteiger partial charge in [-0.05, 0) is 50.6 Å². The number of hydrogen-bond donors (Lipinski definition) is 2. The molecule has 2 N–H and O–H groups in total. The summed E-state index contributed by atoms with van der Waals surface area (Å²) in [7, 11) is -4.18. The van der Waals surface area contributed by atoms with Crippen LogP contribution in [-0.4, -0.2) is 44.9 Å². The van der Waals surface area contributed by atoms with E-state index in [1.807, 2.05) is 11.6 Å². The summed E-state index contributed by atoms with van der Waals surface area (Å²) in [6.07, 6.45) is -0.955. The van der Waals surface area contributed by atoms with E-state index in [9.17, 15) is 22.8 Å². The number of thioether (sulfide) groups is 1. The highest BCUT2D eigenvalue weighted by Gasteiger charge is 2.49. The fourth-order valence-corrected chi connectivity index (χ4v) is 6.03. The largest absolute Gasteiger partial charge is 0.357 e. The lowest BCUT2D eigenvalue weighted by Gasteiger charge is -2.36. The highest BCUT2D eigenvalue weighted by Crippen LogP contribution is 2.43. The molecule has 1 saturated heterocycles. The monoisotopic (exact) mass is 483 g/mol. The minimum absolute atomic E-state index is 0.0985. The summed E-state index contributed by atoms with van der Waals surface area (Å²) in [6.45, 7) is 5.58. The van der Waals surface area contributed by atoms with Crippen molar-refractivity contribution in [1.82, 2.24) is 14.7 Å². The number of nitrogens with one attached hydrogen (secondary N) is 1. The van der Waals surface area contributed by atoms with Gasteiger partial charge in [0.15, 0.2) is 0 Å². The molecule has 1 aliphatic rings. The van der Waals surface area contributed by atoms with Crippen molar-refractivity contribution in [2.45, 2.75) is 43.1 Å². The Morgan fingerprint density at radius 2 is 1.81 bits per heavy atom. The van der Waals surface area contributed by atoms with Gasteiger partial charge in [0.05, 0.1) is 9.64 Å². The number of hydrogen-bond acceptors (Lipinski definition) is 6. The summed E-state index contributed by atoms with van der Waals surface area (Å²) in [5, 5.41) is 11.0. The second kappa shape index (κ2) is 8.73. The Labute approximate surface area is 190 Å². The Morgan fingerprint density at radius 1 is 1.23 bits per heavy atom. The van der Waals surface area contributed by atoms with Crippen LogP contribution < -0.4 is 4.72 Å². The molecular formula is C20H22FN3O4S3. The topological polar surface area (TPSA) is 90.0 Å². The van der Waals surface area contributed by atoms with E-state index in [1.54, 1.807) is 43.0 Å². The molecule has 0 aliphatic carbocycles. The molecule has 166 valence electrons. The van der Waals surface area contributed by atoms with Gasteiger partial charge in [0.2, 0.25) is 0 Å². The molecule has 2 amide bonds. The number of aryl methyl sites for hydroxylation is 1. The van der Waals surface area contributed by atoms with Crippen LogP contribution in [0.4, 0.5) is 9.18 Å². The zero-order valence-corrected chi connectivity index (χ0v) is 19.5. The molecule has 7 nitrogen and oxygen atoms in total. The third kappa shape index (κ3) is 5.17. The van der Waals surface area contributed by atoms with Crippen LogP contribution in [0.3, 0.4) is 0 Å². The number of carbonyl (C=O) groups is 1. The molecule has 3 rings (SSSR count). The van der Waals surface area contributed by atoms with Crippen LogP contribution in [0.2, 0.25) is 0 Å². The summed E-state index contributed by atoms with van der Waals surface area (Å²) < 4.78 is 39.9. The third-order valence-corrected chi connectivity index (χ3v) is 7.73. The number of nitrogens with zero attached hydrogens (tertiary/aromatic N) is 2. The Morgan fingerprint density at radius 3 is 2.39 bits per heavy atom. The van der Waals surface area contributed by atoms with E-state index >= 15 is 0 Å². The van der Waals surface area contributed by atoms with Gasteiger partial charge in [-0.25, -0.2) is 22.3 Å². The van der Waals surface area contributed by atoms with Crippen molar-refractivity contribution in [2.75, 3.05) is 0 Å². The quantitative estimate of drug-likeness (QED) is 0.379. The number of carbonyl (C=O) groups excluding carboxylic acids is 1. The zero-order chi connectivity index (χ0) is 23.0. The van der Waals surface area contributed by atoms with Crippen LogP contribution >= 0.6 is 24.0 Å². The molecular weight excluding hydrogens is 461 g/mol. The third-order valence-electron chi connectivity index (χ3n) is 4.76. The second-order valence-electron chi connectivity index (χ2n) is 7.67. The highest BCUT2D eigenvalue weighted by molar-refractivity contribution is 8.24. The van der Waals surface area contributed by atoms with Gasteiger partial charge in [0, 0.05) is 6.54 Å². The van der Waals surface area contributed by atoms with E-state index in [4.69, 9.17) is 12.2 Å². The van der Waals surface area contributed by atoms with Gasteiger partial charge < -0.3 is 4.90 Å². The first-order chi connectivity index (χ1) is 14.4. The number of benzene rings is 2. The van der Waals surface area contributed by atoms with Crippen LogP contribution in [-0.2, 0) is 16.6 Å². The molecule has 0 radical (unpaired) electrons. The zero-order valence-electron chi connectivity index (χ0n) is 17.1. The Kier molecular flexibility index (Phi) is 6.61. The van der Waals surface area contributed by atoms with Gasteiger partial charge in [-0.2, -0.15) is 5.06 Å². The maximum absolute atomic E-state index is 13.2. The van der Waals surface area contributed by atoms with Crippen LogP contribution in [0.25, 0.3) is 0 Å². The number of urea groups is 1. The minimum atomic E-state index is -4.18. The average Bonchev–Trinajstić information content (AvgIpc) is 2.90. The van der Waals surface area contributed by atoms with Gasteiger partial charge in [-0.1, -0.05) is 53.8 Å². The molecule has 1 fully saturated rings. The summed E-state index contributed by atoms with van der Waals surface area (Å²) in [6, 6.07) is 10.5. The van der Waals surface area contributed by atoms with Crippen molar-refractivity contribution < 1.29 is 22.8 Å². The molecule has 0 unspecified atom stereocenters. The molecule has 0 saturated carbocycles.